The van der Waals surface area contributed by atoms with E-state index in [9.17, 15) is 4.79 Å². The number of esters is 1. The molecule has 0 aliphatic heterocycles. The van der Waals surface area contributed by atoms with Gasteiger partial charge < -0.3 is 19.1 Å². The minimum atomic E-state index is -0.657. The zero-order chi connectivity index (χ0) is 16.9. The van der Waals surface area contributed by atoms with Crippen molar-refractivity contribution in [2.75, 3.05) is 7.11 Å². The van der Waals surface area contributed by atoms with Crippen LogP contribution in [0.4, 0.5) is 0 Å². The smallest absolute Gasteiger partial charge is 0.366 e. The van der Waals surface area contributed by atoms with Gasteiger partial charge in [-0.3, -0.25) is 0 Å². The number of methoxy groups -OCH3 is 1. The van der Waals surface area contributed by atoms with Crippen molar-refractivity contribution >= 4 is 5.97 Å². The number of hydrogen-bond donors (Lipinski definition) is 1. The average Bonchev–Trinajstić information content (AvgIpc) is 3.13. The van der Waals surface area contributed by atoms with E-state index in [0.29, 0.717) is 17.1 Å². The molecule has 0 fully saturated rings. The van der Waals surface area contributed by atoms with Crippen LogP contribution in [-0.2, 0) is 6.61 Å². The maximum Gasteiger partial charge on any atom is 0.366 e. The summed E-state index contributed by atoms with van der Waals surface area (Å²) >= 11 is 0. The number of ether oxygens (including phenoxy) is 2. The highest BCUT2D eigenvalue weighted by Crippen LogP contribution is 2.29. The van der Waals surface area contributed by atoms with Gasteiger partial charge in [0.05, 0.1) is 13.7 Å². The van der Waals surface area contributed by atoms with Crippen LogP contribution in [0.25, 0.3) is 11.3 Å². The van der Waals surface area contributed by atoms with Crippen molar-refractivity contribution in [3.05, 3.63) is 65.9 Å². The molecule has 0 aliphatic carbocycles. The van der Waals surface area contributed by atoms with E-state index in [-0.39, 0.29) is 18.1 Å². The highest BCUT2D eigenvalue weighted by Gasteiger charge is 2.18. The number of benzene rings is 2. The van der Waals surface area contributed by atoms with Crippen molar-refractivity contribution in [2.24, 2.45) is 0 Å². The van der Waals surface area contributed by atoms with Crippen molar-refractivity contribution in [3.8, 4) is 22.8 Å². The van der Waals surface area contributed by atoms with Crippen LogP contribution >= 0.6 is 0 Å². The topological polar surface area (TPSA) is 81.8 Å². The number of carbonyl (C=O) groups is 1. The molecule has 1 aromatic heterocycles. The first-order chi connectivity index (χ1) is 11.7. The molecule has 0 amide bonds. The van der Waals surface area contributed by atoms with Gasteiger partial charge in [0.2, 0.25) is 0 Å². The number of carbonyl (C=O) groups excluding carboxylic acids is 1. The molecule has 0 saturated carbocycles. The molecule has 0 atom stereocenters. The minimum Gasteiger partial charge on any atom is -0.493 e. The largest absolute Gasteiger partial charge is 0.493 e. The van der Waals surface area contributed by atoms with E-state index in [1.807, 2.05) is 30.3 Å². The monoisotopic (exact) mass is 325 g/mol. The summed E-state index contributed by atoms with van der Waals surface area (Å²) in [7, 11) is 1.46. The van der Waals surface area contributed by atoms with Gasteiger partial charge in [-0.15, -0.1) is 0 Å². The Hall–Kier alpha value is -3.12. The second-order valence-corrected chi connectivity index (χ2v) is 4.98. The average molecular weight is 325 g/mol. The molecule has 24 heavy (non-hydrogen) atoms. The molecule has 6 nitrogen and oxygen atoms in total. The first-order valence-electron chi connectivity index (χ1n) is 7.23. The Bertz CT molecular complexity index is 842. The number of hydrogen-bond acceptors (Lipinski definition) is 6. The maximum atomic E-state index is 12.2. The maximum absolute atomic E-state index is 12.2. The normalized spacial score (nSPS) is 10.4. The molecule has 1 heterocycles. The van der Waals surface area contributed by atoms with Gasteiger partial charge in [0.15, 0.2) is 23.0 Å². The van der Waals surface area contributed by atoms with E-state index in [0.717, 1.165) is 5.56 Å². The van der Waals surface area contributed by atoms with E-state index in [2.05, 4.69) is 5.16 Å². The number of aliphatic hydroxyl groups is 1. The van der Waals surface area contributed by atoms with Gasteiger partial charge in [-0.2, -0.15) is 0 Å². The molecule has 0 unspecified atom stereocenters. The summed E-state index contributed by atoms with van der Waals surface area (Å²) < 4.78 is 15.7. The lowest BCUT2D eigenvalue weighted by molar-refractivity contribution is 0.0719. The molecule has 0 radical (unpaired) electrons. The SMILES string of the molecule is COc1cc(CO)ccc1OC(=O)c1cc(-c2ccccc2)on1. The van der Waals surface area contributed by atoms with Crippen molar-refractivity contribution in [2.45, 2.75) is 6.61 Å². The molecular weight excluding hydrogens is 310 g/mol. The number of nitrogens with zero attached hydrogens (tertiary/aromatic N) is 1. The minimum absolute atomic E-state index is 0.0575. The second kappa shape index (κ2) is 6.97. The van der Waals surface area contributed by atoms with Crippen molar-refractivity contribution in [1.82, 2.24) is 5.16 Å². The van der Waals surface area contributed by atoms with Gasteiger partial charge in [-0.25, -0.2) is 4.79 Å². The third-order valence-electron chi connectivity index (χ3n) is 3.39. The summed E-state index contributed by atoms with van der Waals surface area (Å²) in [6, 6.07) is 15.6. The number of aromatic nitrogens is 1. The zero-order valence-electron chi connectivity index (χ0n) is 12.9. The van der Waals surface area contributed by atoms with Crippen LogP contribution < -0.4 is 9.47 Å². The standard InChI is InChI=1S/C18H15NO5/c1-22-17-9-12(11-20)7-8-15(17)23-18(21)14-10-16(24-19-14)13-5-3-2-4-6-13/h2-10,20H,11H2,1H3. The lowest BCUT2D eigenvalue weighted by Gasteiger charge is -2.09. The van der Waals surface area contributed by atoms with Crippen molar-refractivity contribution in [1.29, 1.82) is 0 Å². The molecule has 3 rings (SSSR count). The fraction of sp³-hybridized carbons (Fsp3) is 0.111. The van der Waals surface area contributed by atoms with Crippen LogP contribution in [0.3, 0.4) is 0 Å². The van der Waals surface area contributed by atoms with Crippen LogP contribution in [0.2, 0.25) is 0 Å². The van der Waals surface area contributed by atoms with Gasteiger partial charge in [-0.1, -0.05) is 41.6 Å². The molecule has 0 bridgehead atoms. The predicted molar refractivity (Wildman–Crippen MR) is 85.8 cm³/mol. The Morgan fingerprint density at radius 1 is 1.12 bits per heavy atom. The van der Waals surface area contributed by atoms with Crippen LogP contribution in [0.15, 0.2) is 59.1 Å². The first-order valence-corrected chi connectivity index (χ1v) is 7.23. The lowest BCUT2D eigenvalue weighted by Crippen LogP contribution is -2.09. The third-order valence-corrected chi connectivity index (χ3v) is 3.39. The molecule has 0 spiro atoms. The molecule has 0 aliphatic rings. The predicted octanol–water partition coefficient (Wildman–Crippen LogP) is 3.06. The van der Waals surface area contributed by atoms with E-state index < -0.39 is 5.97 Å². The molecule has 2 aromatic carbocycles. The molecule has 6 heteroatoms. The van der Waals surface area contributed by atoms with Gasteiger partial charge in [0.1, 0.15) is 0 Å². The highest BCUT2D eigenvalue weighted by molar-refractivity contribution is 5.90. The Kier molecular flexibility index (Phi) is 4.58. The first kappa shape index (κ1) is 15.8. The van der Waals surface area contributed by atoms with Crippen LogP contribution in [0.5, 0.6) is 11.5 Å². The molecular formula is C18H15NO5. The molecule has 122 valence electrons. The summed E-state index contributed by atoms with van der Waals surface area (Å²) in [5.74, 6) is 0.409. The Balaban J connectivity index is 1.80. The molecule has 3 aromatic rings. The van der Waals surface area contributed by atoms with Crippen LogP contribution in [0.1, 0.15) is 16.1 Å². The highest BCUT2D eigenvalue weighted by atomic mass is 16.6. The Morgan fingerprint density at radius 3 is 2.62 bits per heavy atom. The summed E-state index contributed by atoms with van der Waals surface area (Å²) in [6.07, 6.45) is 0. The van der Waals surface area contributed by atoms with Gasteiger partial charge in [0, 0.05) is 11.6 Å². The quantitative estimate of drug-likeness (QED) is 0.573. The van der Waals surface area contributed by atoms with Crippen molar-refractivity contribution in [3.63, 3.8) is 0 Å². The Labute approximate surface area is 138 Å². The van der Waals surface area contributed by atoms with E-state index in [1.54, 1.807) is 18.2 Å². The van der Waals surface area contributed by atoms with Crippen molar-refractivity contribution < 1.29 is 23.9 Å². The molecule has 0 saturated heterocycles. The molecule has 1 N–H and O–H groups in total. The van der Waals surface area contributed by atoms with Crippen LogP contribution in [0, 0.1) is 0 Å². The second-order valence-electron chi connectivity index (χ2n) is 4.98. The van der Waals surface area contributed by atoms with E-state index in [1.165, 1.54) is 13.2 Å². The van der Waals surface area contributed by atoms with Crippen LogP contribution in [-0.4, -0.2) is 23.3 Å². The third kappa shape index (κ3) is 3.28. The van der Waals surface area contributed by atoms with E-state index in [4.69, 9.17) is 19.1 Å². The van der Waals surface area contributed by atoms with Gasteiger partial charge >= 0.3 is 5.97 Å². The fourth-order valence-corrected chi connectivity index (χ4v) is 2.16. The summed E-state index contributed by atoms with van der Waals surface area (Å²) in [5.41, 5.74) is 1.52. The van der Waals surface area contributed by atoms with Gasteiger partial charge in [-0.05, 0) is 17.7 Å². The summed E-state index contributed by atoms with van der Waals surface area (Å²) in [4.78, 5) is 12.2. The number of aliphatic hydroxyl groups excluding tert-OH is 1. The fourth-order valence-electron chi connectivity index (χ4n) is 2.16. The summed E-state index contributed by atoms with van der Waals surface area (Å²) in [5, 5.41) is 12.9. The van der Waals surface area contributed by atoms with Gasteiger partial charge in [0.25, 0.3) is 0 Å². The van der Waals surface area contributed by atoms with E-state index >= 15 is 0 Å². The number of rotatable bonds is 5. The lowest BCUT2D eigenvalue weighted by atomic mass is 10.2. The Morgan fingerprint density at radius 2 is 1.92 bits per heavy atom. The summed E-state index contributed by atoms with van der Waals surface area (Å²) in [6.45, 7) is -0.131. The zero-order valence-corrected chi connectivity index (χ0v) is 12.9.